The van der Waals surface area contributed by atoms with Gasteiger partial charge in [-0.1, -0.05) is 25.7 Å². The quantitative estimate of drug-likeness (QED) is 0.527. The third-order valence-electron chi connectivity index (χ3n) is 1.65. The van der Waals surface area contributed by atoms with E-state index in [1.807, 2.05) is 0 Å². The Morgan fingerprint density at radius 3 is 2.09 bits per heavy atom. The van der Waals surface area contributed by atoms with Gasteiger partial charge in [-0.05, 0) is 19.3 Å². The summed E-state index contributed by atoms with van der Waals surface area (Å²) in [4.78, 5) is 0. The number of hydrogen-bond acceptors (Lipinski definition) is 2. The van der Waals surface area contributed by atoms with Crippen LogP contribution in [0.5, 0.6) is 0 Å². The fourth-order valence-electron chi connectivity index (χ4n) is 0.990. The standard InChI is InChI=1S/C9H19O2/c10-8-6-4-2-1-3-5-7-9-11/h4,10-11H,1-3,5-9H2. The number of aliphatic hydroxyl groups is 2. The van der Waals surface area contributed by atoms with E-state index >= 15 is 0 Å². The van der Waals surface area contributed by atoms with Gasteiger partial charge in [0.05, 0.1) is 0 Å². The second-order valence-corrected chi connectivity index (χ2v) is 2.73. The molecule has 0 aliphatic heterocycles. The monoisotopic (exact) mass is 159 g/mol. The number of unbranched alkanes of at least 4 members (excludes halogenated alkanes) is 6. The zero-order valence-electron chi connectivity index (χ0n) is 7.13. The summed E-state index contributed by atoms with van der Waals surface area (Å²) in [5, 5.41) is 16.9. The zero-order chi connectivity index (χ0) is 8.36. The van der Waals surface area contributed by atoms with Gasteiger partial charge in [-0.3, -0.25) is 0 Å². The normalized spacial score (nSPS) is 10.4. The molecule has 0 spiro atoms. The van der Waals surface area contributed by atoms with Crippen LogP contribution >= 0.6 is 0 Å². The summed E-state index contributed by atoms with van der Waals surface area (Å²) in [6.07, 6.45) is 8.50. The van der Waals surface area contributed by atoms with Gasteiger partial charge in [-0.2, -0.15) is 0 Å². The van der Waals surface area contributed by atoms with Gasteiger partial charge in [0.25, 0.3) is 0 Å². The maximum Gasteiger partial charge on any atom is 0.0433 e. The van der Waals surface area contributed by atoms with E-state index < -0.39 is 0 Å². The Morgan fingerprint density at radius 2 is 1.45 bits per heavy atom. The van der Waals surface area contributed by atoms with Gasteiger partial charge in [0.1, 0.15) is 0 Å². The maximum absolute atomic E-state index is 8.47. The number of aliphatic hydroxyl groups excluding tert-OH is 2. The van der Waals surface area contributed by atoms with Crippen LogP contribution in [0.1, 0.15) is 38.5 Å². The number of rotatable bonds is 8. The molecule has 0 bridgehead atoms. The van der Waals surface area contributed by atoms with Gasteiger partial charge < -0.3 is 10.2 Å². The fourth-order valence-corrected chi connectivity index (χ4v) is 0.990. The zero-order valence-corrected chi connectivity index (χ0v) is 7.13. The smallest absolute Gasteiger partial charge is 0.0433 e. The molecule has 67 valence electrons. The van der Waals surface area contributed by atoms with Crippen molar-refractivity contribution >= 4 is 0 Å². The summed E-state index contributed by atoms with van der Waals surface area (Å²) < 4.78 is 0. The van der Waals surface area contributed by atoms with E-state index in [1.165, 1.54) is 12.8 Å². The summed E-state index contributed by atoms with van der Waals surface area (Å²) in [6, 6.07) is 0. The Labute approximate surface area is 69.2 Å². The van der Waals surface area contributed by atoms with Crippen LogP contribution in [-0.2, 0) is 0 Å². The third-order valence-corrected chi connectivity index (χ3v) is 1.65. The summed E-state index contributed by atoms with van der Waals surface area (Å²) in [5.74, 6) is 0. The van der Waals surface area contributed by atoms with Gasteiger partial charge in [0.15, 0.2) is 0 Å². The van der Waals surface area contributed by atoms with E-state index in [-0.39, 0.29) is 6.61 Å². The minimum absolute atomic E-state index is 0.274. The van der Waals surface area contributed by atoms with E-state index in [2.05, 4.69) is 6.42 Å². The van der Waals surface area contributed by atoms with Crippen LogP contribution in [-0.4, -0.2) is 23.4 Å². The van der Waals surface area contributed by atoms with Gasteiger partial charge in [0.2, 0.25) is 0 Å². The lowest BCUT2D eigenvalue weighted by Gasteiger charge is -1.98. The molecule has 0 rings (SSSR count). The van der Waals surface area contributed by atoms with E-state index in [1.54, 1.807) is 0 Å². The predicted octanol–water partition coefficient (Wildman–Crippen LogP) is 1.52. The molecule has 0 atom stereocenters. The molecule has 2 heteroatoms. The summed E-state index contributed by atoms with van der Waals surface area (Å²) in [7, 11) is 0. The van der Waals surface area contributed by atoms with Crippen LogP contribution in [0.4, 0.5) is 0 Å². The minimum atomic E-state index is 0.274. The molecule has 0 aromatic carbocycles. The van der Waals surface area contributed by atoms with Gasteiger partial charge >= 0.3 is 0 Å². The molecule has 0 heterocycles. The Balaban J connectivity index is 2.69. The first kappa shape index (κ1) is 10.9. The van der Waals surface area contributed by atoms with Crippen molar-refractivity contribution in [2.45, 2.75) is 38.5 Å². The van der Waals surface area contributed by atoms with Gasteiger partial charge in [-0.25, -0.2) is 0 Å². The van der Waals surface area contributed by atoms with Crippen LogP contribution in [0.15, 0.2) is 0 Å². The van der Waals surface area contributed by atoms with Crippen molar-refractivity contribution in [2.75, 3.05) is 13.2 Å². The van der Waals surface area contributed by atoms with E-state index in [0.717, 1.165) is 25.7 Å². The summed E-state index contributed by atoms with van der Waals surface area (Å²) in [5.41, 5.74) is 0. The molecule has 0 aliphatic carbocycles. The molecule has 2 N–H and O–H groups in total. The summed E-state index contributed by atoms with van der Waals surface area (Å²) in [6.45, 7) is 0.594. The highest BCUT2D eigenvalue weighted by Crippen LogP contribution is 2.05. The minimum Gasteiger partial charge on any atom is -0.396 e. The van der Waals surface area contributed by atoms with E-state index in [4.69, 9.17) is 10.2 Å². The Morgan fingerprint density at radius 1 is 0.727 bits per heavy atom. The van der Waals surface area contributed by atoms with E-state index in [0.29, 0.717) is 6.61 Å². The van der Waals surface area contributed by atoms with Crippen LogP contribution in [0.3, 0.4) is 0 Å². The topological polar surface area (TPSA) is 40.5 Å². The molecule has 2 nitrogen and oxygen atoms in total. The van der Waals surface area contributed by atoms with Crippen molar-refractivity contribution in [1.29, 1.82) is 0 Å². The molecule has 1 radical (unpaired) electrons. The van der Waals surface area contributed by atoms with Crippen LogP contribution in [0.25, 0.3) is 0 Å². The molecule has 0 amide bonds. The van der Waals surface area contributed by atoms with Crippen molar-refractivity contribution in [1.82, 2.24) is 0 Å². The first-order valence-corrected chi connectivity index (χ1v) is 4.45. The van der Waals surface area contributed by atoms with Crippen LogP contribution in [0, 0.1) is 6.42 Å². The first-order valence-electron chi connectivity index (χ1n) is 4.45. The molecule has 0 saturated heterocycles. The number of hydrogen-bond donors (Lipinski definition) is 2. The Kier molecular flexibility index (Phi) is 9.85. The lowest BCUT2D eigenvalue weighted by atomic mass is 10.1. The lowest BCUT2D eigenvalue weighted by molar-refractivity contribution is 0.282. The Hall–Kier alpha value is -0.0800. The molecule has 0 aromatic rings. The molecule has 0 saturated carbocycles. The Bertz CT molecular complexity index is 56.6. The molecular weight excluding hydrogens is 140 g/mol. The van der Waals surface area contributed by atoms with Gasteiger partial charge in [-0.15, -0.1) is 0 Å². The highest BCUT2D eigenvalue weighted by Gasteiger charge is 1.89. The molecule has 0 aliphatic rings. The molecule has 0 aromatic heterocycles. The predicted molar refractivity (Wildman–Crippen MR) is 46.2 cm³/mol. The molecule has 0 unspecified atom stereocenters. The molecule has 11 heavy (non-hydrogen) atoms. The average Bonchev–Trinajstić information content (AvgIpc) is 2.03. The second-order valence-electron chi connectivity index (χ2n) is 2.73. The fraction of sp³-hybridized carbons (Fsp3) is 0.889. The average molecular weight is 159 g/mol. The highest BCUT2D eigenvalue weighted by molar-refractivity contribution is 4.62. The van der Waals surface area contributed by atoms with Crippen molar-refractivity contribution in [3.05, 3.63) is 6.42 Å². The van der Waals surface area contributed by atoms with Crippen molar-refractivity contribution < 1.29 is 10.2 Å². The van der Waals surface area contributed by atoms with Crippen molar-refractivity contribution in [3.63, 3.8) is 0 Å². The van der Waals surface area contributed by atoms with Gasteiger partial charge in [0, 0.05) is 13.2 Å². The summed E-state index contributed by atoms with van der Waals surface area (Å²) >= 11 is 0. The third kappa shape index (κ3) is 9.92. The second kappa shape index (κ2) is 9.92. The van der Waals surface area contributed by atoms with Crippen LogP contribution in [0.2, 0.25) is 0 Å². The van der Waals surface area contributed by atoms with E-state index in [9.17, 15) is 0 Å². The highest BCUT2D eigenvalue weighted by atomic mass is 16.3. The largest absolute Gasteiger partial charge is 0.396 e. The van der Waals surface area contributed by atoms with Crippen molar-refractivity contribution in [3.8, 4) is 0 Å². The SMILES string of the molecule is OCC[CH]CCCCCCO. The van der Waals surface area contributed by atoms with Crippen molar-refractivity contribution in [2.24, 2.45) is 0 Å². The lowest BCUT2D eigenvalue weighted by Crippen LogP contribution is -1.86. The first-order chi connectivity index (χ1) is 5.41. The maximum atomic E-state index is 8.47. The molecule has 0 fully saturated rings. The van der Waals surface area contributed by atoms with Crippen LogP contribution < -0.4 is 0 Å². The molecular formula is C9H19O2.